The summed E-state index contributed by atoms with van der Waals surface area (Å²) in [6, 6.07) is 7.01. The molecular formula is C19H25N3O5S. The SMILES string of the molecule is CCc1cccc(C)c1NC(=O)CCNS(=O)(=O)c1cc(C(=O)OC)n(C)c1. The highest BCUT2D eigenvalue weighted by Crippen LogP contribution is 2.21. The van der Waals surface area contributed by atoms with E-state index in [0.717, 1.165) is 23.2 Å². The zero-order chi connectivity index (χ0) is 20.9. The van der Waals surface area contributed by atoms with Crippen molar-refractivity contribution in [1.82, 2.24) is 9.29 Å². The summed E-state index contributed by atoms with van der Waals surface area (Å²) in [5.41, 5.74) is 2.86. The summed E-state index contributed by atoms with van der Waals surface area (Å²) in [5.74, 6) is -0.914. The largest absolute Gasteiger partial charge is 0.464 e. The number of methoxy groups -OCH3 is 1. The van der Waals surface area contributed by atoms with Crippen LogP contribution < -0.4 is 10.0 Å². The van der Waals surface area contributed by atoms with Gasteiger partial charge >= 0.3 is 5.97 Å². The summed E-state index contributed by atoms with van der Waals surface area (Å²) >= 11 is 0. The van der Waals surface area contributed by atoms with E-state index in [-0.39, 0.29) is 29.5 Å². The number of ether oxygens (including phenoxy) is 1. The lowest BCUT2D eigenvalue weighted by Gasteiger charge is -2.13. The lowest BCUT2D eigenvalue weighted by molar-refractivity contribution is -0.116. The second kappa shape index (κ2) is 9.03. The molecule has 28 heavy (non-hydrogen) atoms. The third kappa shape index (κ3) is 4.99. The Morgan fingerprint density at radius 2 is 1.96 bits per heavy atom. The standard InChI is InChI=1S/C19H25N3O5S/c1-5-14-8-6-7-13(2)18(14)21-17(23)9-10-20-28(25,26)15-11-16(19(24)27-4)22(3)12-15/h6-8,11-12,20H,5,9-10H2,1-4H3,(H,21,23). The number of anilines is 1. The molecule has 0 fully saturated rings. The maximum atomic E-state index is 12.4. The molecule has 0 saturated carbocycles. The van der Waals surface area contributed by atoms with Gasteiger partial charge in [0.25, 0.3) is 0 Å². The van der Waals surface area contributed by atoms with Gasteiger partial charge in [-0.15, -0.1) is 0 Å². The summed E-state index contributed by atoms with van der Waals surface area (Å²) in [4.78, 5) is 23.8. The lowest BCUT2D eigenvalue weighted by atomic mass is 10.1. The molecule has 1 heterocycles. The second-order valence-corrected chi connectivity index (χ2v) is 8.09. The van der Waals surface area contributed by atoms with Crippen molar-refractivity contribution in [2.75, 3.05) is 19.0 Å². The first-order valence-electron chi connectivity index (χ1n) is 8.82. The molecule has 2 aromatic rings. The Morgan fingerprint density at radius 1 is 1.25 bits per heavy atom. The summed E-state index contributed by atoms with van der Waals surface area (Å²) in [6.07, 6.45) is 2.07. The Kier molecular flexibility index (Phi) is 6.98. The second-order valence-electron chi connectivity index (χ2n) is 6.32. The number of aromatic nitrogens is 1. The number of para-hydroxylation sites is 1. The Labute approximate surface area is 164 Å². The number of carbonyl (C=O) groups excluding carboxylic acids is 2. The van der Waals surface area contributed by atoms with Crippen LogP contribution >= 0.6 is 0 Å². The van der Waals surface area contributed by atoms with Gasteiger partial charge in [0.05, 0.1) is 7.11 Å². The number of rotatable bonds is 8. The minimum atomic E-state index is -3.85. The maximum Gasteiger partial charge on any atom is 0.354 e. The van der Waals surface area contributed by atoms with E-state index in [0.29, 0.717) is 0 Å². The van der Waals surface area contributed by atoms with Gasteiger partial charge in [0.2, 0.25) is 15.9 Å². The van der Waals surface area contributed by atoms with Crippen molar-refractivity contribution in [1.29, 1.82) is 0 Å². The average molecular weight is 407 g/mol. The van der Waals surface area contributed by atoms with Crippen LogP contribution in [0.2, 0.25) is 0 Å². The monoisotopic (exact) mass is 407 g/mol. The number of aryl methyl sites for hydroxylation is 3. The third-order valence-corrected chi connectivity index (χ3v) is 5.76. The Balaban J connectivity index is 1.99. The molecule has 2 rings (SSSR count). The summed E-state index contributed by atoms with van der Waals surface area (Å²) in [6.45, 7) is 3.84. The molecule has 0 aliphatic heterocycles. The Hall–Kier alpha value is -2.65. The van der Waals surface area contributed by atoms with Crippen molar-refractivity contribution >= 4 is 27.6 Å². The first-order valence-corrected chi connectivity index (χ1v) is 10.3. The molecule has 0 radical (unpaired) electrons. The van der Waals surface area contributed by atoms with E-state index < -0.39 is 16.0 Å². The molecular weight excluding hydrogens is 382 g/mol. The van der Waals surface area contributed by atoms with Crippen molar-refractivity contribution < 1.29 is 22.7 Å². The van der Waals surface area contributed by atoms with Gasteiger partial charge < -0.3 is 14.6 Å². The van der Waals surface area contributed by atoms with Gasteiger partial charge in [0.15, 0.2) is 0 Å². The van der Waals surface area contributed by atoms with Gasteiger partial charge in [-0.1, -0.05) is 25.1 Å². The van der Waals surface area contributed by atoms with Gasteiger partial charge in [-0.3, -0.25) is 4.79 Å². The fraction of sp³-hybridized carbons (Fsp3) is 0.368. The van der Waals surface area contributed by atoms with Gasteiger partial charge in [-0.2, -0.15) is 0 Å². The van der Waals surface area contributed by atoms with Crippen LogP contribution in [0.1, 0.15) is 35.0 Å². The highest BCUT2D eigenvalue weighted by atomic mass is 32.2. The van der Waals surface area contributed by atoms with E-state index in [4.69, 9.17) is 0 Å². The van der Waals surface area contributed by atoms with Gasteiger partial charge in [-0.25, -0.2) is 17.9 Å². The van der Waals surface area contributed by atoms with Gasteiger partial charge in [0.1, 0.15) is 10.6 Å². The number of carbonyl (C=O) groups is 2. The van der Waals surface area contributed by atoms with Crippen molar-refractivity contribution in [3.05, 3.63) is 47.3 Å². The maximum absolute atomic E-state index is 12.4. The van der Waals surface area contributed by atoms with E-state index in [2.05, 4.69) is 14.8 Å². The van der Waals surface area contributed by atoms with E-state index in [1.807, 2.05) is 32.0 Å². The van der Waals surface area contributed by atoms with Crippen LogP contribution in [0.25, 0.3) is 0 Å². The fourth-order valence-corrected chi connectivity index (χ4v) is 3.88. The van der Waals surface area contributed by atoms with Gasteiger partial charge in [-0.05, 0) is 30.5 Å². The Morgan fingerprint density at radius 3 is 2.61 bits per heavy atom. The number of sulfonamides is 1. The van der Waals surface area contributed by atoms with E-state index >= 15 is 0 Å². The molecule has 0 unspecified atom stereocenters. The molecule has 0 aliphatic carbocycles. The number of hydrogen-bond acceptors (Lipinski definition) is 5. The van der Waals surface area contributed by atoms with Gasteiger partial charge in [0, 0.05) is 31.9 Å². The molecule has 0 spiro atoms. The van der Waals surface area contributed by atoms with Crippen molar-refractivity contribution in [3.8, 4) is 0 Å². The molecule has 1 amide bonds. The number of nitrogens with zero attached hydrogens (tertiary/aromatic N) is 1. The quantitative estimate of drug-likeness (QED) is 0.651. The first-order chi connectivity index (χ1) is 13.2. The zero-order valence-corrected chi connectivity index (χ0v) is 17.2. The average Bonchev–Trinajstić information content (AvgIpc) is 3.05. The lowest BCUT2D eigenvalue weighted by Crippen LogP contribution is -2.28. The summed E-state index contributed by atoms with van der Waals surface area (Å²) < 4.78 is 33.2. The molecule has 8 nitrogen and oxygen atoms in total. The van der Waals surface area contributed by atoms with Crippen LogP contribution in [0.4, 0.5) is 5.69 Å². The molecule has 0 bridgehead atoms. The fourth-order valence-electron chi connectivity index (χ4n) is 2.77. The van der Waals surface area contributed by atoms with Crippen LogP contribution in [0.15, 0.2) is 35.4 Å². The normalized spacial score (nSPS) is 11.3. The topological polar surface area (TPSA) is 106 Å². The first kappa shape index (κ1) is 21.6. The van der Waals surface area contributed by atoms with Crippen LogP contribution in [0.3, 0.4) is 0 Å². The molecule has 2 N–H and O–H groups in total. The van der Waals surface area contributed by atoms with Crippen LogP contribution in [0, 0.1) is 6.92 Å². The number of amides is 1. The van der Waals surface area contributed by atoms with E-state index in [1.165, 1.54) is 23.9 Å². The van der Waals surface area contributed by atoms with Crippen LogP contribution in [0.5, 0.6) is 0 Å². The minimum Gasteiger partial charge on any atom is -0.464 e. The number of esters is 1. The highest BCUT2D eigenvalue weighted by Gasteiger charge is 2.21. The molecule has 1 aromatic heterocycles. The van der Waals surface area contributed by atoms with E-state index in [9.17, 15) is 18.0 Å². The number of benzene rings is 1. The molecule has 9 heteroatoms. The Bertz CT molecular complexity index is 979. The third-order valence-electron chi connectivity index (χ3n) is 4.33. The summed E-state index contributed by atoms with van der Waals surface area (Å²) in [7, 11) is -1.08. The minimum absolute atomic E-state index is 0.0204. The highest BCUT2D eigenvalue weighted by molar-refractivity contribution is 7.89. The number of hydrogen-bond donors (Lipinski definition) is 2. The predicted molar refractivity (Wildman–Crippen MR) is 106 cm³/mol. The molecule has 0 atom stereocenters. The number of nitrogens with one attached hydrogen (secondary N) is 2. The van der Waals surface area contributed by atoms with Crippen molar-refractivity contribution in [2.45, 2.75) is 31.6 Å². The summed E-state index contributed by atoms with van der Waals surface area (Å²) in [5, 5.41) is 2.85. The molecule has 152 valence electrons. The van der Waals surface area contributed by atoms with Crippen LogP contribution in [-0.2, 0) is 33.0 Å². The smallest absolute Gasteiger partial charge is 0.354 e. The molecule has 1 aromatic carbocycles. The predicted octanol–water partition coefficient (Wildman–Crippen LogP) is 1.99. The van der Waals surface area contributed by atoms with Crippen LogP contribution in [-0.4, -0.2) is 38.5 Å². The molecule has 0 saturated heterocycles. The van der Waals surface area contributed by atoms with E-state index in [1.54, 1.807) is 7.05 Å². The molecule has 0 aliphatic rings. The van der Waals surface area contributed by atoms with Crippen molar-refractivity contribution in [2.24, 2.45) is 7.05 Å². The van der Waals surface area contributed by atoms with Crippen molar-refractivity contribution in [3.63, 3.8) is 0 Å². The zero-order valence-electron chi connectivity index (χ0n) is 16.4.